The fourth-order valence-electron chi connectivity index (χ4n) is 8.62. The molecule has 0 amide bonds. The van der Waals surface area contributed by atoms with Crippen molar-refractivity contribution in [2.45, 2.75) is 111 Å². The second-order valence-corrected chi connectivity index (χ2v) is 12.3. The molecular formula is C27H44O2. The largest absolute Gasteiger partial charge is 0.390 e. The molecular weight excluding hydrogens is 356 g/mol. The number of allylic oxidation sites excluding steroid dienone is 1. The van der Waals surface area contributed by atoms with Crippen molar-refractivity contribution in [1.29, 1.82) is 0 Å². The number of hydrogen-bond acceptors (Lipinski definition) is 2. The topological polar surface area (TPSA) is 37.3 Å². The van der Waals surface area contributed by atoms with Crippen molar-refractivity contribution in [1.82, 2.24) is 0 Å². The minimum atomic E-state index is -0.522. The number of ketones is 1. The van der Waals surface area contributed by atoms with E-state index in [9.17, 15) is 9.90 Å². The molecule has 164 valence electrons. The summed E-state index contributed by atoms with van der Waals surface area (Å²) in [7, 11) is 0. The zero-order valence-corrected chi connectivity index (χ0v) is 19.6. The first kappa shape index (κ1) is 21.6. The molecule has 29 heavy (non-hydrogen) atoms. The third-order valence-electron chi connectivity index (χ3n) is 10.2. The number of carbonyl (C=O) groups is 1. The van der Waals surface area contributed by atoms with Gasteiger partial charge in [-0.2, -0.15) is 0 Å². The van der Waals surface area contributed by atoms with Crippen LogP contribution in [0.1, 0.15) is 105 Å². The van der Waals surface area contributed by atoms with Gasteiger partial charge in [0.25, 0.3) is 0 Å². The van der Waals surface area contributed by atoms with Crippen molar-refractivity contribution in [3.8, 4) is 0 Å². The molecule has 2 heteroatoms. The lowest BCUT2D eigenvalue weighted by atomic mass is 9.46. The second-order valence-electron chi connectivity index (χ2n) is 12.3. The molecule has 0 saturated heterocycles. The van der Waals surface area contributed by atoms with Gasteiger partial charge in [0.05, 0.1) is 5.60 Å². The SMILES string of the molecule is CC(C)CCC[C@](C)(O)[C@H]1CC[C@H]2[C@@H]3CCC4=CC(=O)CC[C@]4(C)[C@H]3CC[C@@]21C. The van der Waals surface area contributed by atoms with Gasteiger partial charge in [-0.25, -0.2) is 0 Å². The Balaban J connectivity index is 1.53. The van der Waals surface area contributed by atoms with E-state index in [2.05, 4.69) is 34.6 Å². The van der Waals surface area contributed by atoms with Gasteiger partial charge in [0.15, 0.2) is 5.78 Å². The Kier molecular flexibility index (Phi) is 5.59. The Bertz CT molecular complexity index is 674. The second kappa shape index (κ2) is 7.50. The van der Waals surface area contributed by atoms with Crippen LogP contribution < -0.4 is 0 Å². The average molecular weight is 401 g/mol. The molecule has 1 N–H and O–H groups in total. The number of fused-ring (bicyclic) bond motifs is 5. The fourth-order valence-corrected chi connectivity index (χ4v) is 8.62. The zero-order chi connectivity index (χ0) is 21.0. The van der Waals surface area contributed by atoms with Crippen LogP contribution in [0.15, 0.2) is 11.6 Å². The Labute approximate surface area is 178 Å². The average Bonchev–Trinajstić information content (AvgIpc) is 3.00. The Morgan fingerprint density at radius 2 is 1.86 bits per heavy atom. The van der Waals surface area contributed by atoms with Crippen LogP contribution in [0.25, 0.3) is 0 Å². The highest BCUT2D eigenvalue weighted by atomic mass is 16.3. The smallest absolute Gasteiger partial charge is 0.155 e. The molecule has 0 radical (unpaired) electrons. The summed E-state index contributed by atoms with van der Waals surface area (Å²) in [6, 6.07) is 0. The highest BCUT2D eigenvalue weighted by Crippen LogP contribution is 2.68. The van der Waals surface area contributed by atoms with Crippen molar-refractivity contribution < 1.29 is 9.90 Å². The summed E-state index contributed by atoms with van der Waals surface area (Å²) < 4.78 is 0. The third-order valence-corrected chi connectivity index (χ3v) is 10.2. The van der Waals surface area contributed by atoms with Crippen LogP contribution >= 0.6 is 0 Å². The van der Waals surface area contributed by atoms with Crippen molar-refractivity contribution in [2.75, 3.05) is 0 Å². The minimum absolute atomic E-state index is 0.260. The molecule has 0 bridgehead atoms. The standard InChI is InChI=1S/C27H44O2/c1-18(2)7-6-14-27(5,29)24-11-10-22-21-9-8-19-17-20(28)12-15-25(19,3)23(21)13-16-26(22,24)4/h17-18,21-24,29H,6-16H2,1-5H3/t21-,22-,23-,24-,25-,26-,27-/m0/s1. The molecule has 3 fully saturated rings. The van der Waals surface area contributed by atoms with Gasteiger partial charge in [-0.15, -0.1) is 0 Å². The van der Waals surface area contributed by atoms with Crippen LogP contribution in [-0.4, -0.2) is 16.5 Å². The third kappa shape index (κ3) is 3.56. The zero-order valence-electron chi connectivity index (χ0n) is 19.6. The molecule has 0 aromatic heterocycles. The lowest BCUT2D eigenvalue weighted by Crippen LogP contribution is -2.53. The molecule has 0 aliphatic heterocycles. The summed E-state index contributed by atoms with van der Waals surface area (Å²) >= 11 is 0. The number of hydrogen-bond donors (Lipinski definition) is 1. The first-order valence-electron chi connectivity index (χ1n) is 12.5. The van der Waals surface area contributed by atoms with Crippen molar-refractivity contribution in [2.24, 2.45) is 40.4 Å². The number of aliphatic hydroxyl groups is 1. The molecule has 3 saturated carbocycles. The van der Waals surface area contributed by atoms with Crippen LogP contribution in [0, 0.1) is 40.4 Å². The summed E-state index contributed by atoms with van der Waals surface area (Å²) in [5, 5.41) is 11.5. The molecule has 4 aliphatic carbocycles. The number of rotatable bonds is 5. The molecule has 4 rings (SSSR count). The molecule has 4 aliphatic rings. The molecule has 0 heterocycles. The van der Waals surface area contributed by atoms with Crippen LogP contribution in [0.3, 0.4) is 0 Å². The molecule has 2 nitrogen and oxygen atoms in total. The highest BCUT2D eigenvalue weighted by Gasteiger charge is 2.61. The summed E-state index contributed by atoms with van der Waals surface area (Å²) in [5.41, 5.74) is 1.50. The van der Waals surface area contributed by atoms with Gasteiger partial charge in [0.2, 0.25) is 0 Å². The summed E-state index contributed by atoms with van der Waals surface area (Å²) in [4.78, 5) is 12.0. The lowest BCUT2D eigenvalue weighted by molar-refractivity contribution is -0.120. The van der Waals surface area contributed by atoms with Gasteiger partial charge in [-0.3, -0.25) is 4.79 Å². The van der Waals surface area contributed by atoms with E-state index < -0.39 is 5.60 Å². The Hall–Kier alpha value is -0.630. The fraction of sp³-hybridized carbons (Fsp3) is 0.889. The molecule has 0 aromatic carbocycles. The monoisotopic (exact) mass is 400 g/mol. The van der Waals surface area contributed by atoms with E-state index in [4.69, 9.17) is 0 Å². The maximum Gasteiger partial charge on any atom is 0.155 e. The number of carbonyl (C=O) groups excluding carboxylic acids is 1. The first-order chi connectivity index (χ1) is 13.6. The van der Waals surface area contributed by atoms with E-state index in [-0.39, 0.29) is 5.41 Å². The maximum atomic E-state index is 12.0. The molecule has 7 atom stereocenters. The Morgan fingerprint density at radius 1 is 1.10 bits per heavy atom. The van der Waals surface area contributed by atoms with Crippen molar-refractivity contribution in [3.63, 3.8) is 0 Å². The van der Waals surface area contributed by atoms with E-state index in [1.165, 1.54) is 44.1 Å². The van der Waals surface area contributed by atoms with Crippen molar-refractivity contribution in [3.05, 3.63) is 11.6 Å². The maximum absolute atomic E-state index is 12.0. The predicted octanol–water partition coefficient (Wildman–Crippen LogP) is 6.71. The van der Waals surface area contributed by atoms with Crippen molar-refractivity contribution >= 4 is 5.78 Å². The van der Waals surface area contributed by atoms with E-state index in [1.54, 1.807) is 0 Å². The Morgan fingerprint density at radius 3 is 2.59 bits per heavy atom. The van der Waals surface area contributed by atoms with Crippen LogP contribution in [0.5, 0.6) is 0 Å². The van der Waals surface area contributed by atoms with Gasteiger partial charge in [-0.05, 0) is 105 Å². The summed E-state index contributed by atoms with van der Waals surface area (Å²) in [6.45, 7) is 11.7. The van der Waals surface area contributed by atoms with Gasteiger partial charge in [-0.1, -0.05) is 46.1 Å². The van der Waals surface area contributed by atoms with E-state index >= 15 is 0 Å². The summed E-state index contributed by atoms with van der Waals surface area (Å²) in [6.07, 6.45) is 14.6. The lowest BCUT2D eigenvalue weighted by Gasteiger charge is -2.59. The molecule has 0 spiro atoms. The van der Waals surface area contributed by atoms with Crippen LogP contribution in [0.4, 0.5) is 0 Å². The minimum Gasteiger partial charge on any atom is -0.390 e. The van der Waals surface area contributed by atoms with Gasteiger partial charge in [0, 0.05) is 6.42 Å². The van der Waals surface area contributed by atoms with Gasteiger partial charge in [0.1, 0.15) is 0 Å². The quantitative estimate of drug-likeness (QED) is 0.556. The van der Waals surface area contributed by atoms with E-state index in [0.29, 0.717) is 17.1 Å². The summed E-state index contributed by atoms with van der Waals surface area (Å²) in [5.74, 6) is 3.83. The van der Waals surface area contributed by atoms with E-state index in [1.807, 2.05) is 6.08 Å². The normalized spacial score (nSPS) is 44.0. The highest BCUT2D eigenvalue weighted by molar-refractivity contribution is 5.91. The van der Waals surface area contributed by atoms with Gasteiger partial charge < -0.3 is 5.11 Å². The molecule has 0 unspecified atom stereocenters. The van der Waals surface area contributed by atoms with Crippen LogP contribution in [-0.2, 0) is 4.79 Å². The molecule has 0 aromatic rings. The predicted molar refractivity (Wildman–Crippen MR) is 120 cm³/mol. The van der Waals surface area contributed by atoms with Gasteiger partial charge >= 0.3 is 0 Å². The van der Waals surface area contributed by atoms with E-state index in [0.717, 1.165) is 55.8 Å². The van der Waals surface area contributed by atoms with Crippen LogP contribution in [0.2, 0.25) is 0 Å². The first-order valence-corrected chi connectivity index (χ1v) is 12.5.